The van der Waals surface area contributed by atoms with Crippen molar-refractivity contribution in [1.82, 2.24) is 5.32 Å². The van der Waals surface area contributed by atoms with Crippen LogP contribution in [0.5, 0.6) is 11.5 Å². The van der Waals surface area contributed by atoms with Crippen molar-refractivity contribution in [2.24, 2.45) is 0 Å². The Morgan fingerprint density at radius 3 is 2.85 bits per heavy atom. The third-order valence-corrected chi connectivity index (χ3v) is 3.27. The molecule has 1 N–H and O–H groups in total. The Hall–Kier alpha value is -1.36. The molecular weight excluding hydrogens is 264 g/mol. The number of fused-ring (bicyclic) bond motifs is 1. The first-order chi connectivity index (χ1) is 9.41. The van der Waals surface area contributed by atoms with Gasteiger partial charge < -0.3 is 14.8 Å². The molecule has 0 spiro atoms. The van der Waals surface area contributed by atoms with Crippen LogP contribution in [0.25, 0.3) is 0 Å². The maximum Gasteiger partial charge on any atom is 0.272 e. The maximum atomic E-state index is 12.2. The minimum atomic E-state index is -2.47. The highest BCUT2D eigenvalue weighted by Crippen LogP contribution is 2.41. The highest BCUT2D eigenvalue weighted by atomic mass is 19.3. The Balaban J connectivity index is 2.22. The molecular formula is C15H21F2NO2. The third kappa shape index (κ3) is 3.60. The minimum absolute atomic E-state index is 0.211. The average molecular weight is 285 g/mol. The van der Waals surface area contributed by atoms with Crippen LogP contribution in [0.15, 0.2) is 18.2 Å². The molecule has 20 heavy (non-hydrogen) atoms. The topological polar surface area (TPSA) is 30.5 Å². The van der Waals surface area contributed by atoms with Gasteiger partial charge in [-0.1, -0.05) is 13.0 Å². The van der Waals surface area contributed by atoms with Crippen molar-refractivity contribution in [2.75, 3.05) is 13.2 Å². The van der Waals surface area contributed by atoms with Crippen molar-refractivity contribution < 1.29 is 18.3 Å². The van der Waals surface area contributed by atoms with Crippen molar-refractivity contribution in [3.63, 3.8) is 0 Å². The van der Waals surface area contributed by atoms with Crippen LogP contribution in [0.1, 0.15) is 38.8 Å². The lowest BCUT2D eigenvalue weighted by Gasteiger charge is -2.38. The second-order valence-electron chi connectivity index (χ2n) is 5.58. The lowest BCUT2D eigenvalue weighted by molar-refractivity contribution is 0.0640. The maximum absolute atomic E-state index is 12.2. The largest absolute Gasteiger partial charge is 0.488 e. The molecule has 1 aromatic carbocycles. The van der Waals surface area contributed by atoms with E-state index in [0.29, 0.717) is 11.5 Å². The molecule has 1 heterocycles. The predicted octanol–water partition coefficient (Wildman–Crippen LogP) is 3.54. The molecule has 0 bridgehead atoms. The Bertz CT molecular complexity index is 463. The molecule has 2 rings (SSSR count). The van der Waals surface area contributed by atoms with E-state index in [1.54, 1.807) is 12.1 Å². The predicted molar refractivity (Wildman–Crippen MR) is 73.7 cm³/mol. The van der Waals surface area contributed by atoms with Gasteiger partial charge in [-0.3, -0.25) is 0 Å². The molecule has 0 radical (unpaired) electrons. The van der Waals surface area contributed by atoms with Gasteiger partial charge in [0.1, 0.15) is 23.7 Å². The molecule has 1 aromatic rings. The molecule has 1 aliphatic rings. The fourth-order valence-electron chi connectivity index (χ4n) is 2.51. The van der Waals surface area contributed by atoms with Crippen LogP contribution in [-0.2, 0) is 0 Å². The van der Waals surface area contributed by atoms with Crippen LogP contribution in [0.4, 0.5) is 8.78 Å². The molecule has 0 amide bonds. The molecule has 1 atom stereocenters. The Morgan fingerprint density at radius 1 is 1.45 bits per heavy atom. The van der Waals surface area contributed by atoms with Gasteiger partial charge in [0, 0.05) is 24.1 Å². The molecule has 1 aliphatic heterocycles. The molecule has 5 heteroatoms. The summed E-state index contributed by atoms with van der Waals surface area (Å²) < 4.78 is 35.3. The summed E-state index contributed by atoms with van der Waals surface area (Å²) in [5.74, 6) is 1.12. The van der Waals surface area contributed by atoms with E-state index in [1.165, 1.54) is 0 Å². The second-order valence-corrected chi connectivity index (χ2v) is 5.58. The molecule has 1 unspecified atom stereocenters. The molecule has 112 valence electrons. The minimum Gasteiger partial charge on any atom is -0.488 e. The lowest BCUT2D eigenvalue weighted by atomic mass is 9.89. The SMILES string of the molecule is CCNC1CC(C)(C)Oc2cc(OCC(F)F)ccc21. The Labute approximate surface area is 118 Å². The van der Waals surface area contributed by atoms with Crippen molar-refractivity contribution in [2.45, 2.75) is 45.3 Å². The summed E-state index contributed by atoms with van der Waals surface area (Å²) in [4.78, 5) is 0. The van der Waals surface area contributed by atoms with E-state index in [4.69, 9.17) is 9.47 Å². The zero-order chi connectivity index (χ0) is 14.8. The zero-order valence-electron chi connectivity index (χ0n) is 12.1. The summed E-state index contributed by atoms with van der Waals surface area (Å²) in [5.41, 5.74) is 0.761. The van der Waals surface area contributed by atoms with E-state index < -0.39 is 13.0 Å². The Morgan fingerprint density at radius 2 is 2.20 bits per heavy atom. The molecule has 0 aliphatic carbocycles. The van der Waals surface area contributed by atoms with Gasteiger partial charge in [0.15, 0.2) is 0 Å². The fourth-order valence-corrected chi connectivity index (χ4v) is 2.51. The second kappa shape index (κ2) is 5.95. The van der Waals surface area contributed by atoms with Crippen LogP contribution in [0.2, 0.25) is 0 Å². The fraction of sp³-hybridized carbons (Fsp3) is 0.600. The normalized spacial score (nSPS) is 20.4. The first-order valence-corrected chi connectivity index (χ1v) is 6.88. The number of benzene rings is 1. The van der Waals surface area contributed by atoms with E-state index in [2.05, 4.69) is 12.2 Å². The number of alkyl halides is 2. The third-order valence-electron chi connectivity index (χ3n) is 3.27. The summed E-state index contributed by atoms with van der Waals surface area (Å²) in [5, 5.41) is 3.43. The standard InChI is InChI=1S/C15H21F2NO2/c1-4-18-12-8-15(2,3)20-13-7-10(5-6-11(12)13)19-9-14(16)17/h5-7,12,14,18H,4,8-9H2,1-3H3. The molecule has 0 saturated carbocycles. The van der Waals surface area contributed by atoms with E-state index in [9.17, 15) is 8.78 Å². The first kappa shape index (κ1) is 15.0. The highest BCUT2D eigenvalue weighted by molar-refractivity contribution is 5.44. The van der Waals surface area contributed by atoms with E-state index in [1.807, 2.05) is 19.9 Å². The van der Waals surface area contributed by atoms with Gasteiger partial charge in [-0.25, -0.2) is 8.78 Å². The van der Waals surface area contributed by atoms with Gasteiger partial charge in [-0.05, 0) is 26.5 Å². The number of hydrogen-bond acceptors (Lipinski definition) is 3. The molecule has 0 fully saturated rings. The smallest absolute Gasteiger partial charge is 0.272 e. The number of halogens is 2. The summed E-state index contributed by atoms with van der Waals surface area (Å²) in [6.07, 6.45) is -1.61. The molecule has 0 saturated heterocycles. The Kier molecular flexibility index (Phi) is 4.48. The van der Waals surface area contributed by atoms with Crippen molar-refractivity contribution in [3.05, 3.63) is 23.8 Å². The van der Waals surface area contributed by atoms with Gasteiger partial charge >= 0.3 is 0 Å². The van der Waals surface area contributed by atoms with Crippen LogP contribution in [-0.4, -0.2) is 25.2 Å². The lowest BCUT2D eigenvalue weighted by Crippen LogP contribution is -2.39. The highest BCUT2D eigenvalue weighted by Gasteiger charge is 2.33. The average Bonchev–Trinajstić information content (AvgIpc) is 2.35. The van der Waals surface area contributed by atoms with Gasteiger partial charge in [-0.15, -0.1) is 0 Å². The number of rotatable bonds is 5. The van der Waals surface area contributed by atoms with Gasteiger partial charge in [0.25, 0.3) is 6.43 Å². The van der Waals surface area contributed by atoms with Crippen LogP contribution in [0, 0.1) is 0 Å². The summed E-state index contributed by atoms with van der Waals surface area (Å²) in [6, 6.07) is 5.51. The number of nitrogens with one attached hydrogen (secondary N) is 1. The van der Waals surface area contributed by atoms with Gasteiger partial charge in [0.05, 0.1) is 0 Å². The summed E-state index contributed by atoms with van der Waals surface area (Å²) >= 11 is 0. The quantitative estimate of drug-likeness (QED) is 0.897. The van der Waals surface area contributed by atoms with Crippen LogP contribution in [0.3, 0.4) is 0 Å². The number of ether oxygens (including phenoxy) is 2. The summed E-state index contributed by atoms with van der Waals surface area (Å²) in [7, 11) is 0. The van der Waals surface area contributed by atoms with Crippen LogP contribution < -0.4 is 14.8 Å². The molecule has 3 nitrogen and oxygen atoms in total. The number of hydrogen-bond donors (Lipinski definition) is 1. The van der Waals surface area contributed by atoms with Crippen LogP contribution >= 0.6 is 0 Å². The van der Waals surface area contributed by atoms with Crippen molar-refractivity contribution in [1.29, 1.82) is 0 Å². The van der Waals surface area contributed by atoms with E-state index >= 15 is 0 Å². The first-order valence-electron chi connectivity index (χ1n) is 6.88. The zero-order valence-corrected chi connectivity index (χ0v) is 12.1. The van der Waals surface area contributed by atoms with Gasteiger partial charge in [0.2, 0.25) is 0 Å². The van der Waals surface area contributed by atoms with Gasteiger partial charge in [-0.2, -0.15) is 0 Å². The van der Waals surface area contributed by atoms with E-state index in [0.717, 1.165) is 18.5 Å². The summed E-state index contributed by atoms with van der Waals surface area (Å²) in [6.45, 7) is 6.37. The monoisotopic (exact) mass is 285 g/mol. The van der Waals surface area contributed by atoms with E-state index in [-0.39, 0.29) is 11.6 Å². The van der Waals surface area contributed by atoms with Crippen molar-refractivity contribution in [3.8, 4) is 11.5 Å². The molecule has 0 aromatic heterocycles. The van der Waals surface area contributed by atoms with Crippen molar-refractivity contribution >= 4 is 0 Å².